The van der Waals surface area contributed by atoms with Crippen LogP contribution < -0.4 is 10.6 Å². The van der Waals surface area contributed by atoms with Crippen LogP contribution in [0.4, 0.5) is 5.69 Å². The lowest BCUT2D eigenvalue weighted by atomic mass is 9.96. The number of aryl methyl sites for hydroxylation is 1. The van der Waals surface area contributed by atoms with Gasteiger partial charge in [-0.1, -0.05) is 18.2 Å². The Kier molecular flexibility index (Phi) is 4.64. The fraction of sp³-hybridized carbons (Fsp3) is 0.286. The van der Waals surface area contributed by atoms with Crippen molar-refractivity contribution in [1.29, 1.82) is 0 Å². The van der Waals surface area contributed by atoms with Crippen LogP contribution in [0.1, 0.15) is 34.1 Å². The van der Waals surface area contributed by atoms with Crippen LogP contribution in [-0.4, -0.2) is 24.4 Å². The van der Waals surface area contributed by atoms with Crippen molar-refractivity contribution in [1.82, 2.24) is 4.57 Å². The molecular weight excluding hydrogens is 310 g/mol. The van der Waals surface area contributed by atoms with Gasteiger partial charge in [-0.2, -0.15) is 0 Å². The van der Waals surface area contributed by atoms with Gasteiger partial charge in [0, 0.05) is 61.5 Å². The van der Waals surface area contributed by atoms with Gasteiger partial charge in [-0.15, -0.1) is 0 Å². The summed E-state index contributed by atoms with van der Waals surface area (Å²) in [5, 5.41) is 1.13. The van der Waals surface area contributed by atoms with E-state index in [0.29, 0.717) is 12.0 Å². The summed E-state index contributed by atoms with van der Waals surface area (Å²) < 4.78 is 2.14. The van der Waals surface area contributed by atoms with Gasteiger partial charge in [0.1, 0.15) is 0 Å². The summed E-state index contributed by atoms with van der Waals surface area (Å²) in [6, 6.07) is 15.6. The molecule has 1 heterocycles. The number of carbonyl (C=O) groups is 1. The Morgan fingerprint density at radius 3 is 2.40 bits per heavy atom. The minimum Gasteiger partial charge on any atom is -0.378 e. The first kappa shape index (κ1) is 17.2. The number of benzene rings is 2. The highest BCUT2D eigenvalue weighted by atomic mass is 16.1. The molecular formula is C21H25N3O. The zero-order valence-corrected chi connectivity index (χ0v) is 15.3. The molecule has 2 aromatic carbocycles. The SMILES string of the molecule is Cc1c(C(N)CC(=O)c2ccc(N(C)C)cc2)c2ccccc2n1C. The van der Waals surface area contributed by atoms with Crippen LogP contribution in [0, 0.1) is 6.92 Å². The van der Waals surface area contributed by atoms with Crippen molar-refractivity contribution in [2.24, 2.45) is 12.8 Å². The topological polar surface area (TPSA) is 51.3 Å². The van der Waals surface area contributed by atoms with Crippen molar-refractivity contribution in [2.45, 2.75) is 19.4 Å². The second-order valence-corrected chi connectivity index (χ2v) is 6.75. The van der Waals surface area contributed by atoms with Crippen LogP contribution in [0.15, 0.2) is 48.5 Å². The van der Waals surface area contributed by atoms with Gasteiger partial charge in [-0.3, -0.25) is 4.79 Å². The van der Waals surface area contributed by atoms with Crippen LogP contribution in [0.25, 0.3) is 10.9 Å². The highest BCUT2D eigenvalue weighted by Gasteiger charge is 2.20. The molecule has 0 aliphatic carbocycles. The van der Waals surface area contributed by atoms with Crippen molar-refractivity contribution >= 4 is 22.4 Å². The van der Waals surface area contributed by atoms with Gasteiger partial charge < -0.3 is 15.2 Å². The number of fused-ring (bicyclic) bond motifs is 1. The summed E-state index contributed by atoms with van der Waals surface area (Å²) in [7, 11) is 6.00. The molecule has 3 rings (SSSR count). The summed E-state index contributed by atoms with van der Waals surface area (Å²) >= 11 is 0. The normalized spacial score (nSPS) is 12.4. The Balaban J connectivity index is 1.86. The van der Waals surface area contributed by atoms with Crippen LogP contribution >= 0.6 is 0 Å². The highest BCUT2D eigenvalue weighted by Crippen LogP contribution is 2.31. The standard InChI is InChI=1S/C21H25N3O/c1-14-21(17-7-5-6-8-19(17)24(14)4)18(22)13-20(25)15-9-11-16(12-10-15)23(2)3/h5-12,18H,13,22H2,1-4H3. The van der Waals surface area contributed by atoms with Gasteiger partial charge in [0.2, 0.25) is 0 Å². The lowest BCUT2D eigenvalue weighted by Crippen LogP contribution is -2.17. The van der Waals surface area contributed by atoms with Gasteiger partial charge in [-0.05, 0) is 42.8 Å². The molecule has 0 aliphatic heterocycles. The molecule has 4 nitrogen and oxygen atoms in total. The minimum atomic E-state index is -0.313. The largest absolute Gasteiger partial charge is 0.378 e. The fourth-order valence-electron chi connectivity index (χ4n) is 3.38. The number of nitrogens with two attached hydrogens (primary N) is 1. The molecule has 1 atom stereocenters. The highest BCUT2D eigenvalue weighted by molar-refractivity contribution is 5.97. The summed E-state index contributed by atoms with van der Waals surface area (Å²) in [5.41, 5.74) is 11.6. The monoisotopic (exact) mass is 335 g/mol. The zero-order chi connectivity index (χ0) is 18.1. The van der Waals surface area contributed by atoms with Gasteiger partial charge in [-0.25, -0.2) is 0 Å². The smallest absolute Gasteiger partial charge is 0.164 e. The third-order valence-corrected chi connectivity index (χ3v) is 4.93. The van der Waals surface area contributed by atoms with Gasteiger partial charge >= 0.3 is 0 Å². The number of nitrogens with zero attached hydrogens (tertiary/aromatic N) is 2. The maximum Gasteiger partial charge on any atom is 0.164 e. The van der Waals surface area contributed by atoms with E-state index in [-0.39, 0.29) is 11.8 Å². The van der Waals surface area contributed by atoms with Crippen LogP contribution in [0.3, 0.4) is 0 Å². The number of hydrogen-bond acceptors (Lipinski definition) is 3. The number of ketones is 1. The number of rotatable bonds is 5. The molecule has 0 fully saturated rings. The van der Waals surface area contributed by atoms with E-state index < -0.39 is 0 Å². The predicted molar refractivity (Wildman–Crippen MR) is 104 cm³/mol. The van der Waals surface area contributed by atoms with E-state index in [1.165, 1.54) is 0 Å². The Hall–Kier alpha value is -2.59. The molecule has 0 radical (unpaired) electrons. The van der Waals surface area contributed by atoms with Crippen molar-refractivity contribution in [3.8, 4) is 0 Å². The van der Waals surface area contributed by atoms with E-state index in [9.17, 15) is 4.79 Å². The Morgan fingerprint density at radius 1 is 1.12 bits per heavy atom. The van der Waals surface area contributed by atoms with E-state index in [0.717, 1.165) is 27.8 Å². The van der Waals surface area contributed by atoms with Crippen molar-refractivity contribution in [3.05, 3.63) is 65.4 Å². The summed E-state index contributed by atoms with van der Waals surface area (Å²) in [6.45, 7) is 2.06. The third kappa shape index (κ3) is 3.17. The molecule has 130 valence electrons. The number of para-hydroxylation sites is 1. The Labute approximate surface area is 148 Å². The molecule has 2 N–H and O–H groups in total. The fourth-order valence-corrected chi connectivity index (χ4v) is 3.38. The maximum atomic E-state index is 12.7. The van der Waals surface area contributed by atoms with E-state index >= 15 is 0 Å². The molecule has 0 saturated carbocycles. The molecule has 0 amide bonds. The second kappa shape index (κ2) is 6.73. The average molecular weight is 335 g/mol. The second-order valence-electron chi connectivity index (χ2n) is 6.75. The van der Waals surface area contributed by atoms with Crippen LogP contribution in [0.2, 0.25) is 0 Å². The summed E-state index contributed by atoms with van der Waals surface area (Å²) in [6.07, 6.45) is 0.302. The van der Waals surface area contributed by atoms with E-state index in [4.69, 9.17) is 5.73 Å². The number of carbonyl (C=O) groups excluding carboxylic acids is 1. The minimum absolute atomic E-state index is 0.0742. The zero-order valence-electron chi connectivity index (χ0n) is 15.3. The molecule has 4 heteroatoms. The summed E-state index contributed by atoms with van der Waals surface area (Å²) in [4.78, 5) is 14.7. The van der Waals surface area contributed by atoms with E-state index in [2.05, 4.69) is 23.6 Å². The average Bonchev–Trinajstić information content (AvgIpc) is 2.86. The first-order valence-corrected chi connectivity index (χ1v) is 8.50. The van der Waals surface area contributed by atoms with Crippen LogP contribution in [0.5, 0.6) is 0 Å². The maximum absolute atomic E-state index is 12.7. The van der Waals surface area contributed by atoms with E-state index in [1.54, 1.807) is 0 Å². The van der Waals surface area contributed by atoms with Gasteiger partial charge in [0.15, 0.2) is 5.78 Å². The molecule has 0 aliphatic rings. The molecule has 3 aromatic rings. The molecule has 1 aromatic heterocycles. The van der Waals surface area contributed by atoms with Crippen molar-refractivity contribution in [3.63, 3.8) is 0 Å². The molecule has 25 heavy (non-hydrogen) atoms. The molecule has 0 bridgehead atoms. The first-order chi connectivity index (χ1) is 11.9. The predicted octanol–water partition coefficient (Wildman–Crippen LogP) is 3.83. The van der Waals surface area contributed by atoms with Gasteiger partial charge in [0.25, 0.3) is 0 Å². The summed E-state index contributed by atoms with van der Waals surface area (Å²) in [5.74, 6) is 0.0742. The van der Waals surface area contributed by atoms with Gasteiger partial charge in [0.05, 0.1) is 0 Å². The lowest BCUT2D eigenvalue weighted by Gasteiger charge is -2.14. The van der Waals surface area contributed by atoms with Crippen molar-refractivity contribution < 1.29 is 4.79 Å². The van der Waals surface area contributed by atoms with Crippen molar-refractivity contribution in [2.75, 3.05) is 19.0 Å². The number of anilines is 1. The Morgan fingerprint density at radius 2 is 1.76 bits per heavy atom. The molecule has 0 spiro atoms. The number of Topliss-reactive ketones (excluding diaryl/α,β-unsaturated/α-hetero) is 1. The third-order valence-electron chi connectivity index (χ3n) is 4.93. The van der Waals surface area contributed by atoms with Crippen LogP contribution in [-0.2, 0) is 7.05 Å². The van der Waals surface area contributed by atoms with E-state index in [1.807, 2.05) is 62.4 Å². The molecule has 1 unspecified atom stereocenters. The Bertz CT molecular complexity index is 907. The number of aromatic nitrogens is 1. The molecule has 0 saturated heterocycles. The lowest BCUT2D eigenvalue weighted by molar-refractivity contribution is 0.0974. The quantitative estimate of drug-likeness (QED) is 0.721. The number of hydrogen-bond donors (Lipinski definition) is 1. The first-order valence-electron chi connectivity index (χ1n) is 8.50.